The third-order valence-corrected chi connectivity index (χ3v) is 2.45. The van der Waals surface area contributed by atoms with E-state index in [0.717, 1.165) is 19.5 Å². The Bertz CT molecular complexity index is 163. The second-order valence-corrected chi connectivity index (χ2v) is 3.06. The molecule has 2 aliphatic heterocycles. The van der Waals surface area contributed by atoms with Crippen LogP contribution in [0, 0.1) is 5.92 Å². The molecule has 2 fully saturated rings. The molecule has 0 aromatic rings. The van der Waals surface area contributed by atoms with E-state index in [1.54, 1.807) is 0 Å². The summed E-state index contributed by atoms with van der Waals surface area (Å²) in [4.78, 5) is 11.1. The summed E-state index contributed by atoms with van der Waals surface area (Å²) in [7, 11) is 0. The number of rotatable bonds is 0. The minimum Gasteiger partial charge on any atom is -0.355 e. The molecule has 2 rings (SSSR count). The van der Waals surface area contributed by atoms with Crippen molar-refractivity contribution in [1.82, 2.24) is 10.6 Å². The number of hydrogen-bond donors (Lipinski definition) is 2. The Hall–Kier alpha value is -0.280. The van der Waals surface area contributed by atoms with Gasteiger partial charge in [0, 0.05) is 6.54 Å². The quantitative estimate of drug-likeness (QED) is 0.542. The van der Waals surface area contributed by atoms with Gasteiger partial charge >= 0.3 is 0 Å². The lowest BCUT2D eigenvalue weighted by molar-refractivity contribution is -0.125. The van der Waals surface area contributed by atoms with E-state index >= 15 is 0 Å². The van der Waals surface area contributed by atoms with Crippen LogP contribution in [0.15, 0.2) is 0 Å². The fourth-order valence-electron chi connectivity index (χ4n) is 1.87. The molecule has 0 radical (unpaired) electrons. The van der Waals surface area contributed by atoms with Crippen molar-refractivity contribution in [3.8, 4) is 0 Å². The molecule has 2 aliphatic rings. The Morgan fingerprint density at radius 2 is 2.00 bits per heavy atom. The second-order valence-electron chi connectivity index (χ2n) is 3.06. The van der Waals surface area contributed by atoms with Gasteiger partial charge in [-0.3, -0.25) is 4.79 Å². The van der Waals surface area contributed by atoms with Crippen LogP contribution in [0.4, 0.5) is 0 Å². The molecule has 0 unspecified atom stereocenters. The van der Waals surface area contributed by atoms with E-state index in [4.69, 9.17) is 0 Å². The highest BCUT2D eigenvalue weighted by molar-refractivity contribution is 5.85. The average molecular weight is 177 g/mol. The van der Waals surface area contributed by atoms with Gasteiger partial charge < -0.3 is 10.6 Å². The summed E-state index contributed by atoms with van der Waals surface area (Å²) < 4.78 is 0. The monoisotopic (exact) mass is 176 g/mol. The van der Waals surface area contributed by atoms with E-state index in [1.807, 2.05) is 0 Å². The first kappa shape index (κ1) is 8.81. The van der Waals surface area contributed by atoms with Gasteiger partial charge in [-0.05, 0) is 25.3 Å². The maximum absolute atomic E-state index is 11.1. The standard InChI is InChI=1S/C7H12N2O.ClH/c10-7-6-5(1-3-8-6)2-4-9-7;/h5-6,8H,1-4H2,(H,9,10);1H/t5-,6-;/m0./s1. The number of hydrogen-bond acceptors (Lipinski definition) is 2. The molecule has 0 aromatic heterocycles. The molecule has 0 aromatic carbocycles. The average Bonchev–Trinajstić information content (AvgIpc) is 2.36. The summed E-state index contributed by atoms with van der Waals surface area (Å²) in [5.74, 6) is 0.822. The van der Waals surface area contributed by atoms with Crippen molar-refractivity contribution < 1.29 is 4.79 Å². The first-order valence-electron chi connectivity index (χ1n) is 3.89. The topological polar surface area (TPSA) is 41.1 Å². The molecule has 2 N–H and O–H groups in total. The van der Waals surface area contributed by atoms with Crippen molar-refractivity contribution in [2.45, 2.75) is 18.9 Å². The number of carbonyl (C=O) groups is 1. The number of nitrogens with one attached hydrogen (secondary N) is 2. The Balaban J connectivity index is 0.000000605. The first-order valence-corrected chi connectivity index (χ1v) is 3.89. The fraction of sp³-hybridized carbons (Fsp3) is 0.857. The molecule has 3 nitrogen and oxygen atoms in total. The maximum atomic E-state index is 11.1. The van der Waals surface area contributed by atoms with Crippen molar-refractivity contribution in [3.63, 3.8) is 0 Å². The van der Waals surface area contributed by atoms with Crippen LogP contribution in [0.3, 0.4) is 0 Å². The fourth-order valence-corrected chi connectivity index (χ4v) is 1.87. The van der Waals surface area contributed by atoms with Gasteiger partial charge in [0.15, 0.2) is 0 Å². The molecule has 1 amide bonds. The number of halogens is 1. The lowest BCUT2D eigenvalue weighted by atomic mass is 9.93. The molecule has 0 bridgehead atoms. The molecule has 0 saturated carbocycles. The molecule has 64 valence electrons. The van der Waals surface area contributed by atoms with Crippen LogP contribution in [0.25, 0.3) is 0 Å². The molecule has 0 spiro atoms. The van der Waals surface area contributed by atoms with Crippen LogP contribution in [-0.4, -0.2) is 25.0 Å². The highest BCUT2D eigenvalue weighted by Gasteiger charge is 2.34. The summed E-state index contributed by atoms with van der Waals surface area (Å²) in [6, 6.07) is 0.133. The predicted octanol–water partition coefficient (Wildman–Crippen LogP) is -0.0938. The van der Waals surface area contributed by atoms with E-state index in [2.05, 4.69) is 10.6 Å². The lowest BCUT2D eigenvalue weighted by Gasteiger charge is -2.24. The van der Waals surface area contributed by atoms with E-state index in [0.29, 0.717) is 5.92 Å². The third-order valence-electron chi connectivity index (χ3n) is 2.45. The molecule has 4 heteroatoms. The lowest BCUT2D eigenvalue weighted by Crippen LogP contribution is -2.48. The zero-order valence-corrected chi connectivity index (χ0v) is 7.12. The largest absolute Gasteiger partial charge is 0.355 e. The van der Waals surface area contributed by atoms with E-state index in [-0.39, 0.29) is 24.4 Å². The predicted molar refractivity (Wildman–Crippen MR) is 44.8 cm³/mol. The van der Waals surface area contributed by atoms with Crippen molar-refractivity contribution in [3.05, 3.63) is 0 Å². The summed E-state index contributed by atoms with van der Waals surface area (Å²) in [5, 5.41) is 6.05. The summed E-state index contributed by atoms with van der Waals surface area (Å²) >= 11 is 0. The number of amides is 1. The highest BCUT2D eigenvalue weighted by atomic mass is 35.5. The SMILES string of the molecule is Cl.O=C1NCC[C@@H]2CCN[C@H]12. The van der Waals surface area contributed by atoms with Gasteiger partial charge in [-0.15, -0.1) is 12.4 Å². The van der Waals surface area contributed by atoms with Crippen LogP contribution in [-0.2, 0) is 4.79 Å². The van der Waals surface area contributed by atoms with Gasteiger partial charge in [-0.1, -0.05) is 0 Å². The Labute approximate surface area is 72.3 Å². The van der Waals surface area contributed by atoms with Crippen LogP contribution in [0.2, 0.25) is 0 Å². The third kappa shape index (κ3) is 1.49. The molecular formula is C7H13ClN2O. The van der Waals surface area contributed by atoms with Gasteiger partial charge in [-0.2, -0.15) is 0 Å². The zero-order valence-electron chi connectivity index (χ0n) is 6.30. The second kappa shape index (κ2) is 3.41. The molecule has 2 saturated heterocycles. The van der Waals surface area contributed by atoms with Gasteiger partial charge in [0.2, 0.25) is 5.91 Å². The number of carbonyl (C=O) groups excluding carboxylic acids is 1. The van der Waals surface area contributed by atoms with Crippen LogP contribution >= 0.6 is 12.4 Å². The minimum absolute atomic E-state index is 0. The molecule has 11 heavy (non-hydrogen) atoms. The van der Waals surface area contributed by atoms with E-state index in [9.17, 15) is 4.79 Å². The maximum Gasteiger partial charge on any atom is 0.237 e. The summed E-state index contributed by atoms with van der Waals surface area (Å²) in [5.41, 5.74) is 0. The molecule has 2 atom stereocenters. The first-order chi connectivity index (χ1) is 4.88. The van der Waals surface area contributed by atoms with E-state index in [1.165, 1.54) is 6.42 Å². The smallest absolute Gasteiger partial charge is 0.237 e. The van der Waals surface area contributed by atoms with Crippen molar-refractivity contribution in [2.24, 2.45) is 5.92 Å². The van der Waals surface area contributed by atoms with Crippen molar-refractivity contribution in [2.75, 3.05) is 13.1 Å². The Morgan fingerprint density at radius 3 is 2.73 bits per heavy atom. The molecule has 0 aliphatic carbocycles. The van der Waals surface area contributed by atoms with Gasteiger partial charge in [0.05, 0.1) is 6.04 Å². The van der Waals surface area contributed by atoms with Crippen molar-refractivity contribution in [1.29, 1.82) is 0 Å². The van der Waals surface area contributed by atoms with Gasteiger partial charge in [-0.25, -0.2) is 0 Å². The molecular weight excluding hydrogens is 164 g/mol. The van der Waals surface area contributed by atoms with Crippen LogP contribution in [0.1, 0.15) is 12.8 Å². The minimum atomic E-state index is 0. The summed E-state index contributed by atoms with van der Waals surface area (Å²) in [6.07, 6.45) is 2.33. The van der Waals surface area contributed by atoms with Gasteiger partial charge in [0.25, 0.3) is 0 Å². The summed E-state index contributed by atoms with van der Waals surface area (Å²) in [6.45, 7) is 1.89. The van der Waals surface area contributed by atoms with Crippen molar-refractivity contribution >= 4 is 18.3 Å². The van der Waals surface area contributed by atoms with Crippen LogP contribution < -0.4 is 10.6 Å². The van der Waals surface area contributed by atoms with Crippen LogP contribution in [0.5, 0.6) is 0 Å². The zero-order chi connectivity index (χ0) is 6.97. The van der Waals surface area contributed by atoms with Gasteiger partial charge in [0.1, 0.15) is 0 Å². The number of fused-ring (bicyclic) bond motifs is 1. The Morgan fingerprint density at radius 1 is 1.27 bits per heavy atom. The van der Waals surface area contributed by atoms with E-state index < -0.39 is 0 Å². The molecule has 2 heterocycles. The normalized spacial score (nSPS) is 35.5. The Kier molecular flexibility index (Phi) is 2.73. The number of piperidine rings is 1. The highest BCUT2D eigenvalue weighted by Crippen LogP contribution is 2.21.